The lowest BCUT2D eigenvalue weighted by Crippen LogP contribution is -2.66. The molecular formula is C54H101NO8S. The number of aliphatic hydroxyl groups excluding tert-OH is 2. The van der Waals surface area contributed by atoms with Crippen LogP contribution in [0.25, 0.3) is 0 Å². The number of unbranched alkanes of at least 4 members (excludes halogenated alkanes) is 36. The Hall–Kier alpha value is -1.78. The molecule has 2 atom stereocenters. The lowest BCUT2D eigenvalue weighted by atomic mass is 9.88. The van der Waals surface area contributed by atoms with Crippen molar-refractivity contribution in [2.45, 2.75) is 302 Å². The smallest absolute Gasteiger partial charge is 0.338 e. The molecule has 0 aliphatic heterocycles. The van der Waals surface area contributed by atoms with E-state index >= 15 is 0 Å². The van der Waals surface area contributed by atoms with Gasteiger partial charge in [0, 0.05) is 25.0 Å². The Balaban J connectivity index is 5.66. The predicted molar refractivity (Wildman–Crippen MR) is 269 cm³/mol. The van der Waals surface area contributed by atoms with Crippen LogP contribution in [0.2, 0.25) is 0 Å². The van der Waals surface area contributed by atoms with E-state index in [1.54, 1.807) is 0 Å². The maximum absolute atomic E-state index is 14.3. The number of hydrogen-bond donors (Lipinski definition) is 3. The summed E-state index contributed by atoms with van der Waals surface area (Å²) in [5, 5.41) is 29.5. The fourth-order valence-electron chi connectivity index (χ4n) is 8.78. The van der Waals surface area contributed by atoms with E-state index < -0.39 is 52.7 Å². The van der Waals surface area contributed by atoms with Crippen molar-refractivity contribution in [1.29, 1.82) is 0 Å². The summed E-state index contributed by atoms with van der Waals surface area (Å²) in [5.74, 6) is -4.49. The zero-order valence-corrected chi connectivity index (χ0v) is 42.7. The Kier molecular flexibility index (Phi) is 43.8. The van der Waals surface area contributed by atoms with Crippen molar-refractivity contribution in [2.75, 3.05) is 12.4 Å². The average Bonchev–Trinajstić information content (AvgIpc) is 3.28. The van der Waals surface area contributed by atoms with Crippen molar-refractivity contribution in [3.63, 3.8) is 0 Å². The van der Waals surface area contributed by atoms with Crippen LogP contribution in [0.3, 0.4) is 0 Å². The number of hydrogen-bond acceptors (Lipinski definition) is 8. The van der Waals surface area contributed by atoms with Gasteiger partial charge in [-0.2, -0.15) is 0 Å². The Labute approximate surface area is 397 Å². The first-order chi connectivity index (χ1) is 31.1. The largest absolute Gasteiger partial charge is 0.479 e. The van der Waals surface area contributed by atoms with Crippen LogP contribution in [0.5, 0.6) is 0 Å². The van der Waals surface area contributed by atoms with Crippen molar-refractivity contribution in [3.05, 3.63) is 0 Å². The van der Waals surface area contributed by atoms with Gasteiger partial charge in [0.25, 0.3) is 0 Å². The van der Waals surface area contributed by atoms with Crippen LogP contribution in [0.1, 0.15) is 290 Å². The third-order valence-electron chi connectivity index (χ3n) is 13.1. The van der Waals surface area contributed by atoms with Crippen molar-refractivity contribution < 1.29 is 39.3 Å². The van der Waals surface area contributed by atoms with Crippen LogP contribution in [-0.2, 0) is 24.0 Å². The number of imide groups is 1. The van der Waals surface area contributed by atoms with Gasteiger partial charge in [0.15, 0.2) is 5.78 Å². The number of rotatable bonds is 49. The monoisotopic (exact) mass is 924 g/mol. The molecule has 0 aromatic carbocycles. The quantitative estimate of drug-likeness (QED) is 0.0400. The predicted octanol–water partition coefficient (Wildman–Crippen LogP) is 14.8. The number of carbonyl (C=O) groups is 5. The summed E-state index contributed by atoms with van der Waals surface area (Å²) < 4.78 is 0. The topological polar surface area (TPSA) is 149 Å². The number of ketones is 1. The summed E-state index contributed by atoms with van der Waals surface area (Å²) in [5.41, 5.74) is -2.59. The lowest BCUT2D eigenvalue weighted by Gasteiger charge is -2.38. The van der Waals surface area contributed by atoms with Crippen molar-refractivity contribution in [3.8, 4) is 0 Å². The van der Waals surface area contributed by atoms with Gasteiger partial charge in [-0.3, -0.25) is 24.1 Å². The summed E-state index contributed by atoms with van der Waals surface area (Å²) in [6, 6.07) is 0. The summed E-state index contributed by atoms with van der Waals surface area (Å²) in [4.78, 5) is 69.7. The molecule has 0 aromatic heterocycles. The number of Topliss-reactive ketones (excluding diaryl/α,β-unsaturated/α-hetero) is 1. The standard InChI is InChI=1S/C54H101NO8S/c1-4-7-10-13-16-19-22-25-28-31-34-37-40-43-49(58)54(53(62)63,47-64-52(61)48(57)46-56)55(50(59)44-41-38-35-32-29-26-23-20-17-14-11-8-5-2)51(60)45-42-39-36-33-30-27-24-21-18-15-12-9-6-3/h48,56-57H,4-47H2,1-3H3,(H,62,63)/t48?,54-/m1/s1. The highest BCUT2D eigenvalue weighted by Crippen LogP contribution is 2.30. The lowest BCUT2D eigenvalue weighted by molar-refractivity contribution is -0.169. The maximum Gasteiger partial charge on any atom is 0.338 e. The van der Waals surface area contributed by atoms with Crippen molar-refractivity contribution in [1.82, 2.24) is 4.90 Å². The number of aliphatic carboxylic acids is 1. The van der Waals surface area contributed by atoms with Crippen LogP contribution in [0.4, 0.5) is 0 Å². The highest BCUT2D eigenvalue weighted by Gasteiger charge is 2.55. The van der Waals surface area contributed by atoms with E-state index in [2.05, 4.69) is 20.8 Å². The van der Waals surface area contributed by atoms with Gasteiger partial charge in [-0.15, -0.1) is 0 Å². The van der Waals surface area contributed by atoms with Crippen molar-refractivity contribution in [2.24, 2.45) is 0 Å². The third kappa shape index (κ3) is 32.0. The zero-order valence-electron chi connectivity index (χ0n) is 41.9. The first-order valence-electron chi connectivity index (χ1n) is 27.2. The molecule has 0 aliphatic carbocycles. The van der Waals surface area contributed by atoms with E-state index in [9.17, 15) is 39.3 Å². The number of carbonyl (C=O) groups excluding carboxylic acids is 4. The Bertz CT molecular complexity index is 1110. The molecule has 0 fully saturated rings. The first kappa shape index (κ1) is 62.2. The molecule has 0 rings (SSSR count). The second kappa shape index (κ2) is 45.0. The number of amides is 2. The fraction of sp³-hybridized carbons (Fsp3) is 0.907. The normalized spacial score (nSPS) is 12.9. The van der Waals surface area contributed by atoms with Crippen LogP contribution in [-0.4, -0.2) is 72.9 Å². The van der Waals surface area contributed by atoms with Gasteiger partial charge in [-0.25, -0.2) is 4.79 Å². The molecule has 0 aromatic rings. The molecule has 0 bridgehead atoms. The number of aliphatic hydroxyl groups is 2. The number of thioether (sulfide) groups is 1. The van der Waals surface area contributed by atoms with E-state index in [1.165, 1.54) is 154 Å². The van der Waals surface area contributed by atoms with Crippen molar-refractivity contribution >= 4 is 40.4 Å². The van der Waals surface area contributed by atoms with E-state index in [-0.39, 0.29) is 19.3 Å². The summed E-state index contributed by atoms with van der Waals surface area (Å²) in [7, 11) is 0. The molecule has 0 spiro atoms. The zero-order chi connectivity index (χ0) is 47.4. The number of nitrogens with zero attached hydrogens (tertiary/aromatic N) is 1. The van der Waals surface area contributed by atoms with E-state index in [1.807, 2.05) is 0 Å². The molecule has 10 heteroatoms. The number of carboxylic acids is 1. The molecule has 376 valence electrons. The van der Waals surface area contributed by atoms with Gasteiger partial charge in [-0.1, -0.05) is 264 Å². The van der Waals surface area contributed by atoms with Gasteiger partial charge < -0.3 is 15.3 Å². The molecule has 0 saturated heterocycles. The Morgan fingerprint density at radius 1 is 0.422 bits per heavy atom. The van der Waals surface area contributed by atoms with Crippen LogP contribution >= 0.6 is 11.8 Å². The molecule has 2 amide bonds. The highest BCUT2D eigenvalue weighted by molar-refractivity contribution is 8.13. The molecule has 0 aliphatic rings. The molecule has 1 unspecified atom stereocenters. The van der Waals surface area contributed by atoms with Crippen LogP contribution in [0.15, 0.2) is 0 Å². The van der Waals surface area contributed by atoms with E-state index in [4.69, 9.17) is 0 Å². The van der Waals surface area contributed by atoms with Gasteiger partial charge in [0.05, 0.1) is 6.61 Å². The van der Waals surface area contributed by atoms with Gasteiger partial charge in [0.1, 0.15) is 6.10 Å². The Morgan fingerprint density at radius 2 is 0.672 bits per heavy atom. The molecule has 3 N–H and O–H groups in total. The minimum atomic E-state index is -2.59. The van der Waals surface area contributed by atoms with Gasteiger partial charge in [-0.05, 0) is 19.3 Å². The van der Waals surface area contributed by atoms with Crippen LogP contribution in [0, 0.1) is 0 Å². The van der Waals surface area contributed by atoms with Gasteiger partial charge >= 0.3 is 5.97 Å². The second-order valence-corrected chi connectivity index (χ2v) is 20.0. The molecule has 0 heterocycles. The fourth-order valence-corrected chi connectivity index (χ4v) is 9.81. The minimum Gasteiger partial charge on any atom is -0.479 e. The van der Waals surface area contributed by atoms with Crippen LogP contribution < -0.4 is 0 Å². The highest BCUT2D eigenvalue weighted by atomic mass is 32.2. The first-order valence-corrected chi connectivity index (χ1v) is 28.2. The molecule has 0 radical (unpaired) electrons. The SMILES string of the molecule is CCCCCCCCCCCCCCCC(=O)N(C(=O)CCCCCCCCCCCCCCC)[C@@](CSC(=O)C(O)CO)(C(=O)O)C(=O)CCCCCCCCCCCCCCC. The van der Waals surface area contributed by atoms with Gasteiger partial charge in [0.2, 0.25) is 22.5 Å². The minimum absolute atomic E-state index is 0.0684. The third-order valence-corrected chi connectivity index (χ3v) is 14.2. The van der Waals surface area contributed by atoms with E-state index in [0.717, 1.165) is 70.6 Å². The molecular weight excluding hydrogens is 823 g/mol. The summed E-state index contributed by atoms with van der Waals surface area (Å²) in [6.07, 6.45) is 41.4. The Morgan fingerprint density at radius 3 is 0.922 bits per heavy atom. The summed E-state index contributed by atoms with van der Waals surface area (Å²) >= 11 is 0.396. The molecule has 64 heavy (non-hydrogen) atoms. The number of carboxylic acid groups (broad SMARTS) is 1. The summed E-state index contributed by atoms with van der Waals surface area (Å²) in [6.45, 7) is 5.83. The van der Waals surface area contributed by atoms with E-state index in [0.29, 0.717) is 42.3 Å². The molecule has 0 saturated carbocycles. The average molecular weight is 924 g/mol. The maximum atomic E-state index is 14.3. The second-order valence-electron chi connectivity index (χ2n) is 19.0. The molecule has 9 nitrogen and oxygen atoms in total.